The van der Waals surface area contributed by atoms with Crippen molar-refractivity contribution in [2.24, 2.45) is 0 Å². The van der Waals surface area contributed by atoms with Gasteiger partial charge in [0.15, 0.2) is 0 Å². The molecule has 5 nitrogen and oxygen atoms in total. The Morgan fingerprint density at radius 3 is 1.90 bits per heavy atom. The summed E-state index contributed by atoms with van der Waals surface area (Å²) in [5, 5.41) is 3.10. The number of ether oxygens (including phenoxy) is 2. The van der Waals surface area contributed by atoms with Crippen LogP contribution in [0, 0.1) is 5.82 Å². The van der Waals surface area contributed by atoms with E-state index >= 15 is 0 Å². The summed E-state index contributed by atoms with van der Waals surface area (Å²) in [6.45, 7) is 0.479. The van der Waals surface area contributed by atoms with E-state index in [2.05, 4.69) is 5.32 Å². The Hall–Kier alpha value is -3.38. The molecule has 1 amide bonds. The predicted octanol–water partition coefficient (Wildman–Crippen LogP) is 4.18. The van der Waals surface area contributed by atoms with Crippen LogP contribution in [0.2, 0.25) is 0 Å². The first-order chi connectivity index (χ1) is 15.0. The SMILES string of the molecule is COc1ccc(C(NC(=O)CN(C)Cc2ccccc2F)c2ccc(OC)cc2)cc1. The fraction of sp³-hybridized carbons (Fsp3) is 0.240. The van der Waals surface area contributed by atoms with Crippen LogP contribution in [-0.2, 0) is 11.3 Å². The number of carbonyl (C=O) groups is 1. The van der Waals surface area contributed by atoms with Crippen molar-refractivity contribution in [3.63, 3.8) is 0 Å². The number of hydrogen-bond donors (Lipinski definition) is 1. The second-order valence-corrected chi connectivity index (χ2v) is 7.31. The molecule has 3 aromatic carbocycles. The van der Waals surface area contributed by atoms with Crippen LogP contribution in [0.5, 0.6) is 11.5 Å². The van der Waals surface area contributed by atoms with Gasteiger partial charge in [-0.2, -0.15) is 0 Å². The van der Waals surface area contributed by atoms with Gasteiger partial charge in [-0.15, -0.1) is 0 Å². The molecule has 0 heterocycles. The number of rotatable bonds is 9. The molecule has 6 heteroatoms. The largest absolute Gasteiger partial charge is 0.497 e. The topological polar surface area (TPSA) is 50.8 Å². The van der Waals surface area contributed by atoms with Gasteiger partial charge >= 0.3 is 0 Å². The summed E-state index contributed by atoms with van der Waals surface area (Å²) >= 11 is 0. The number of halogens is 1. The highest BCUT2D eigenvalue weighted by molar-refractivity contribution is 5.79. The van der Waals surface area contributed by atoms with Gasteiger partial charge in [0.2, 0.25) is 5.91 Å². The van der Waals surface area contributed by atoms with E-state index in [1.54, 1.807) is 44.4 Å². The summed E-state index contributed by atoms with van der Waals surface area (Å²) in [6, 6.07) is 21.4. The van der Waals surface area contributed by atoms with Crippen LogP contribution in [0.15, 0.2) is 72.8 Å². The Morgan fingerprint density at radius 2 is 1.42 bits per heavy atom. The fourth-order valence-electron chi connectivity index (χ4n) is 3.38. The minimum atomic E-state index is -0.342. The van der Waals surface area contributed by atoms with Crippen molar-refractivity contribution in [2.75, 3.05) is 27.8 Å². The van der Waals surface area contributed by atoms with Gasteiger partial charge in [-0.1, -0.05) is 42.5 Å². The van der Waals surface area contributed by atoms with Gasteiger partial charge in [-0.25, -0.2) is 4.39 Å². The van der Waals surface area contributed by atoms with Crippen molar-refractivity contribution < 1.29 is 18.7 Å². The molecule has 0 spiro atoms. The third-order valence-electron chi connectivity index (χ3n) is 5.02. The molecule has 3 aromatic rings. The summed E-state index contributed by atoms with van der Waals surface area (Å²) in [6.07, 6.45) is 0. The van der Waals surface area contributed by atoms with Crippen molar-refractivity contribution in [1.82, 2.24) is 10.2 Å². The lowest BCUT2D eigenvalue weighted by molar-refractivity contribution is -0.122. The summed E-state index contributed by atoms with van der Waals surface area (Å²) in [4.78, 5) is 14.6. The monoisotopic (exact) mass is 422 g/mol. The molecule has 0 aliphatic carbocycles. The first-order valence-corrected chi connectivity index (χ1v) is 9.99. The molecular weight excluding hydrogens is 395 g/mol. The Morgan fingerprint density at radius 1 is 0.903 bits per heavy atom. The van der Waals surface area contributed by atoms with Crippen molar-refractivity contribution in [1.29, 1.82) is 0 Å². The quantitative estimate of drug-likeness (QED) is 0.562. The molecule has 0 saturated carbocycles. The molecule has 0 saturated heterocycles. The van der Waals surface area contributed by atoms with Gasteiger partial charge < -0.3 is 14.8 Å². The molecule has 0 bridgehead atoms. The van der Waals surface area contributed by atoms with E-state index in [1.807, 2.05) is 48.5 Å². The second-order valence-electron chi connectivity index (χ2n) is 7.31. The summed E-state index contributed by atoms with van der Waals surface area (Å²) < 4.78 is 24.4. The maximum atomic E-state index is 13.9. The molecule has 1 N–H and O–H groups in total. The van der Waals surface area contributed by atoms with E-state index in [0.717, 1.165) is 22.6 Å². The molecule has 0 radical (unpaired) electrons. The summed E-state index contributed by atoms with van der Waals surface area (Å²) in [7, 11) is 5.02. The first kappa shape index (κ1) is 22.3. The van der Waals surface area contributed by atoms with Crippen molar-refractivity contribution in [3.8, 4) is 11.5 Å². The Labute approximate surface area is 182 Å². The van der Waals surface area contributed by atoms with Crippen molar-refractivity contribution in [3.05, 3.63) is 95.3 Å². The van der Waals surface area contributed by atoms with Gasteiger partial charge in [0, 0.05) is 12.1 Å². The Kier molecular flexibility index (Phi) is 7.62. The lowest BCUT2D eigenvalue weighted by atomic mass is 9.98. The molecule has 162 valence electrons. The van der Waals surface area contributed by atoms with Crippen LogP contribution < -0.4 is 14.8 Å². The molecule has 0 fully saturated rings. The smallest absolute Gasteiger partial charge is 0.234 e. The highest BCUT2D eigenvalue weighted by atomic mass is 19.1. The van der Waals surface area contributed by atoms with Gasteiger partial charge in [-0.05, 0) is 48.5 Å². The highest BCUT2D eigenvalue weighted by Crippen LogP contribution is 2.26. The summed E-state index contributed by atoms with van der Waals surface area (Å²) in [5.74, 6) is 1.06. The van der Waals surface area contributed by atoms with Crippen LogP contribution in [-0.4, -0.2) is 38.6 Å². The minimum Gasteiger partial charge on any atom is -0.497 e. The van der Waals surface area contributed by atoms with Gasteiger partial charge in [-0.3, -0.25) is 9.69 Å². The van der Waals surface area contributed by atoms with Crippen LogP contribution in [0.3, 0.4) is 0 Å². The van der Waals surface area contributed by atoms with Crippen LogP contribution >= 0.6 is 0 Å². The van der Waals surface area contributed by atoms with Gasteiger partial charge in [0.25, 0.3) is 0 Å². The molecule has 0 aliphatic heterocycles. The van der Waals surface area contributed by atoms with E-state index in [1.165, 1.54) is 6.07 Å². The zero-order chi connectivity index (χ0) is 22.2. The van der Waals surface area contributed by atoms with Crippen molar-refractivity contribution in [2.45, 2.75) is 12.6 Å². The maximum absolute atomic E-state index is 13.9. The van der Waals surface area contributed by atoms with E-state index in [9.17, 15) is 9.18 Å². The normalized spacial score (nSPS) is 10.9. The number of nitrogens with zero attached hydrogens (tertiary/aromatic N) is 1. The molecule has 0 unspecified atom stereocenters. The van der Waals surface area contributed by atoms with Crippen LogP contribution in [0.1, 0.15) is 22.7 Å². The van der Waals surface area contributed by atoms with Crippen molar-refractivity contribution >= 4 is 5.91 Å². The number of nitrogens with one attached hydrogen (secondary N) is 1. The summed E-state index contributed by atoms with van der Waals surface area (Å²) in [5.41, 5.74) is 2.41. The Balaban J connectivity index is 1.75. The molecule has 3 rings (SSSR count). The number of amides is 1. The van der Waals surface area contributed by atoms with Crippen LogP contribution in [0.25, 0.3) is 0 Å². The average Bonchev–Trinajstić information content (AvgIpc) is 2.79. The molecule has 31 heavy (non-hydrogen) atoms. The lowest BCUT2D eigenvalue weighted by Crippen LogP contribution is -2.37. The molecular formula is C25H27FN2O3. The molecule has 0 aromatic heterocycles. The number of carbonyl (C=O) groups excluding carboxylic acids is 1. The zero-order valence-electron chi connectivity index (χ0n) is 18.0. The average molecular weight is 423 g/mol. The maximum Gasteiger partial charge on any atom is 0.234 e. The first-order valence-electron chi connectivity index (χ1n) is 9.99. The van der Waals surface area contributed by atoms with E-state index in [0.29, 0.717) is 12.1 Å². The van der Waals surface area contributed by atoms with Gasteiger partial charge in [0.1, 0.15) is 17.3 Å². The predicted molar refractivity (Wildman–Crippen MR) is 119 cm³/mol. The van der Waals surface area contributed by atoms with E-state index in [-0.39, 0.29) is 24.3 Å². The number of likely N-dealkylation sites (N-methyl/N-ethyl adjacent to an activating group) is 1. The zero-order valence-corrected chi connectivity index (χ0v) is 18.0. The molecule has 0 atom stereocenters. The van der Waals surface area contributed by atoms with E-state index in [4.69, 9.17) is 9.47 Å². The second kappa shape index (κ2) is 10.6. The minimum absolute atomic E-state index is 0.136. The standard InChI is InChI=1S/C25H27FN2O3/c1-28(16-20-6-4-5-7-23(20)26)17-24(29)27-25(18-8-12-21(30-2)13-9-18)19-10-14-22(31-3)15-11-19/h4-15,25H,16-17H2,1-3H3,(H,27,29). The third kappa shape index (κ3) is 6.06. The fourth-order valence-corrected chi connectivity index (χ4v) is 3.38. The van der Waals surface area contributed by atoms with Crippen LogP contribution in [0.4, 0.5) is 4.39 Å². The Bertz CT molecular complexity index is 943. The number of benzene rings is 3. The van der Waals surface area contributed by atoms with E-state index < -0.39 is 0 Å². The molecule has 0 aliphatic rings. The lowest BCUT2D eigenvalue weighted by Gasteiger charge is -2.23. The number of methoxy groups -OCH3 is 2. The highest BCUT2D eigenvalue weighted by Gasteiger charge is 2.19. The van der Waals surface area contributed by atoms with Gasteiger partial charge in [0.05, 0.1) is 26.8 Å². The third-order valence-corrected chi connectivity index (χ3v) is 5.02. The number of hydrogen-bond acceptors (Lipinski definition) is 4.